The predicted molar refractivity (Wildman–Crippen MR) is 123 cm³/mol. The molecule has 31 heavy (non-hydrogen) atoms. The molecular formula is C22H19ClN4O2S2. The molecule has 0 bridgehead atoms. The minimum absolute atomic E-state index is 0.135. The molecule has 0 radical (unpaired) electrons. The summed E-state index contributed by atoms with van der Waals surface area (Å²) in [5.41, 5.74) is 2.84. The summed E-state index contributed by atoms with van der Waals surface area (Å²) in [4.78, 5) is 17.1. The summed E-state index contributed by atoms with van der Waals surface area (Å²) >= 11 is 8.81. The molecule has 9 heteroatoms. The highest BCUT2D eigenvalue weighted by atomic mass is 35.5. The fraction of sp³-hybridized carbons (Fsp3) is 0.182. The summed E-state index contributed by atoms with van der Waals surface area (Å²) in [5.74, 6) is 0.508. The van der Waals surface area contributed by atoms with Crippen LogP contribution in [0.4, 0.5) is 0 Å². The number of nitrogens with one attached hydrogen (secondary N) is 1. The van der Waals surface area contributed by atoms with Crippen molar-refractivity contribution in [2.24, 2.45) is 0 Å². The van der Waals surface area contributed by atoms with E-state index < -0.39 is 0 Å². The number of benzene rings is 2. The molecule has 1 amide bonds. The molecule has 0 aliphatic heterocycles. The third-order valence-corrected chi connectivity index (χ3v) is 6.31. The third kappa shape index (κ3) is 5.94. The Morgan fingerprint density at radius 1 is 1.13 bits per heavy atom. The Kier molecular flexibility index (Phi) is 7.01. The normalized spacial score (nSPS) is 11.9. The third-order valence-electron chi connectivity index (χ3n) is 4.42. The van der Waals surface area contributed by atoms with E-state index in [1.54, 1.807) is 11.3 Å². The number of hydrogen-bond acceptors (Lipinski definition) is 7. The van der Waals surface area contributed by atoms with Gasteiger partial charge in [-0.3, -0.25) is 4.79 Å². The lowest BCUT2D eigenvalue weighted by Gasteiger charge is -2.19. The minimum atomic E-state index is -0.280. The van der Waals surface area contributed by atoms with Gasteiger partial charge in [0.15, 0.2) is 0 Å². The lowest BCUT2D eigenvalue weighted by Crippen LogP contribution is -2.30. The first kappa shape index (κ1) is 21.5. The number of carbonyl (C=O) groups is 1. The highest BCUT2D eigenvalue weighted by Gasteiger charge is 2.18. The molecule has 4 aromatic rings. The minimum Gasteiger partial charge on any atom is -0.416 e. The van der Waals surface area contributed by atoms with Crippen LogP contribution < -0.4 is 5.32 Å². The number of aromatic nitrogens is 3. The molecule has 2 aromatic carbocycles. The lowest BCUT2D eigenvalue weighted by molar-refractivity contribution is -0.119. The summed E-state index contributed by atoms with van der Waals surface area (Å²) in [7, 11) is 0. The van der Waals surface area contributed by atoms with Gasteiger partial charge in [-0.2, -0.15) is 0 Å². The van der Waals surface area contributed by atoms with E-state index in [4.69, 9.17) is 16.0 Å². The first-order chi connectivity index (χ1) is 15.1. The second-order valence-electron chi connectivity index (χ2n) is 6.75. The molecule has 1 atom stereocenters. The smallest absolute Gasteiger partial charge is 0.277 e. The Bertz CT molecular complexity index is 1150. The van der Waals surface area contributed by atoms with Gasteiger partial charge in [0.1, 0.15) is 0 Å². The number of amides is 1. The molecule has 0 saturated carbocycles. The predicted octanol–water partition coefficient (Wildman–Crippen LogP) is 5.08. The molecular weight excluding hydrogens is 452 g/mol. The zero-order valence-corrected chi connectivity index (χ0v) is 19.0. The van der Waals surface area contributed by atoms with Gasteiger partial charge in [-0.05, 0) is 30.2 Å². The highest BCUT2D eigenvalue weighted by Crippen LogP contribution is 2.24. The van der Waals surface area contributed by atoms with Crippen LogP contribution in [-0.4, -0.2) is 26.8 Å². The maximum atomic E-state index is 12.7. The van der Waals surface area contributed by atoms with Crippen molar-refractivity contribution < 1.29 is 9.21 Å². The van der Waals surface area contributed by atoms with Crippen molar-refractivity contribution in [3.63, 3.8) is 0 Å². The van der Waals surface area contributed by atoms with Crippen LogP contribution in [0.2, 0.25) is 5.02 Å². The van der Waals surface area contributed by atoms with Gasteiger partial charge in [0.2, 0.25) is 11.8 Å². The molecule has 0 fully saturated rings. The van der Waals surface area contributed by atoms with Crippen LogP contribution in [0.15, 0.2) is 69.6 Å². The average Bonchev–Trinajstić information content (AvgIpc) is 3.40. The van der Waals surface area contributed by atoms with Gasteiger partial charge in [0, 0.05) is 10.4 Å². The van der Waals surface area contributed by atoms with Crippen LogP contribution in [0.25, 0.3) is 0 Å². The van der Waals surface area contributed by atoms with Crippen molar-refractivity contribution in [1.82, 2.24) is 20.5 Å². The number of thiazole rings is 1. The second-order valence-corrected chi connectivity index (χ2v) is 9.17. The highest BCUT2D eigenvalue weighted by molar-refractivity contribution is 7.99. The SMILES string of the molecule is Cc1nc(Cc2nnc(SCC(=O)N[C@@H](c3ccccc3)c3ccc(Cl)cc3)o2)cs1. The van der Waals surface area contributed by atoms with Crippen molar-refractivity contribution >= 4 is 40.6 Å². The Balaban J connectivity index is 1.38. The molecule has 0 aliphatic carbocycles. The molecule has 2 heterocycles. The van der Waals surface area contributed by atoms with Crippen LogP contribution >= 0.6 is 34.7 Å². The fourth-order valence-electron chi connectivity index (χ4n) is 3.00. The maximum Gasteiger partial charge on any atom is 0.277 e. The molecule has 1 N–H and O–H groups in total. The first-order valence-corrected chi connectivity index (χ1v) is 11.8. The van der Waals surface area contributed by atoms with Crippen LogP contribution in [0, 0.1) is 6.92 Å². The van der Waals surface area contributed by atoms with Gasteiger partial charge in [0.05, 0.1) is 28.9 Å². The fourth-order valence-corrected chi connectivity index (χ4v) is 4.33. The van der Waals surface area contributed by atoms with Gasteiger partial charge in [-0.1, -0.05) is 65.8 Å². The Morgan fingerprint density at radius 2 is 1.87 bits per heavy atom. The summed E-state index contributed by atoms with van der Waals surface area (Å²) in [6.45, 7) is 1.95. The monoisotopic (exact) mass is 470 g/mol. The summed E-state index contributed by atoms with van der Waals surface area (Å²) < 4.78 is 5.65. The van der Waals surface area contributed by atoms with E-state index >= 15 is 0 Å². The number of thioether (sulfide) groups is 1. The van der Waals surface area contributed by atoms with Gasteiger partial charge in [-0.15, -0.1) is 21.5 Å². The van der Waals surface area contributed by atoms with E-state index in [-0.39, 0.29) is 17.7 Å². The second kappa shape index (κ2) is 10.1. The molecule has 0 aliphatic rings. The van der Waals surface area contributed by atoms with Crippen molar-refractivity contribution in [3.8, 4) is 0 Å². The molecule has 0 spiro atoms. The number of carbonyl (C=O) groups excluding carboxylic acids is 1. The van der Waals surface area contributed by atoms with Crippen molar-refractivity contribution in [1.29, 1.82) is 0 Å². The first-order valence-electron chi connectivity index (χ1n) is 9.53. The van der Waals surface area contributed by atoms with E-state index in [1.165, 1.54) is 11.8 Å². The topological polar surface area (TPSA) is 80.9 Å². The Hall–Kier alpha value is -2.68. The molecule has 158 valence electrons. The van der Waals surface area contributed by atoms with Gasteiger partial charge in [-0.25, -0.2) is 4.98 Å². The number of aryl methyl sites for hydroxylation is 1. The Morgan fingerprint density at radius 3 is 2.58 bits per heavy atom. The maximum absolute atomic E-state index is 12.7. The van der Waals surface area contributed by atoms with E-state index in [0.717, 1.165) is 21.8 Å². The average molecular weight is 471 g/mol. The van der Waals surface area contributed by atoms with Crippen molar-refractivity contribution in [3.05, 3.63) is 92.7 Å². The van der Waals surface area contributed by atoms with Gasteiger partial charge < -0.3 is 9.73 Å². The number of hydrogen-bond donors (Lipinski definition) is 1. The van der Waals surface area contributed by atoms with Crippen LogP contribution in [-0.2, 0) is 11.2 Å². The standard InChI is InChI=1S/C22H19ClN4O2S2/c1-14-24-18(12-30-14)11-20-26-27-22(29-20)31-13-19(28)25-21(15-5-3-2-4-6-15)16-7-9-17(23)10-8-16/h2-10,12,21H,11,13H2,1H3,(H,25,28)/t21-/m0/s1. The van der Waals surface area contributed by atoms with E-state index in [1.807, 2.05) is 66.9 Å². The lowest BCUT2D eigenvalue weighted by atomic mass is 9.99. The van der Waals surface area contributed by atoms with Crippen LogP contribution in [0.3, 0.4) is 0 Å². The number of nitrogens with zero attached hydrogens (tertiary/aromatic N) is 3. The van der Waals surface area contributed by atoms with Crippen LogP contribution in [0.1, 0.15) is 33.8 Å². The van der Waals surface area contributed by atoms with Crippen LogP contribution in [0.5, 0.6) is 0 Å². The molecule has 6 nitrogen and oxygen atoms in total. The summed E-state index contributed by atoms with van der Waals surface area (Å²) in [5, 5.41) is 15.1. The summed E-state index contributed by atoms with van der Waals surface area (Å²) in [6, 6.07) is 17.0. The molecule has 0 unspecified atom stereocenters. The Labute approximate surface area is 193 Å². The van der Waals surface area contributed by atoms with E-state index in [0.29, 0.717) is 22.6 Å². The van der Waals surface area contributed by atoms with Gasteiger partial charge >= 0.3 is 0 Å². The van der Waals surface area contributed by atoms with Gasteiger partial charge in [0.25, 0.3) is 5.22 Å². The summed E-state index contributed by atoms with van der Waals surface area (Å²) in [6.07, 6.45) is 0.483. The quantitative estimate of drug-likeness (QED) is 0.362. The largest absolute Gasteiger partial charge is 0.416 e. The van der Waals surface area contributed by atoms with E-state index in [2.05, 4.69) is 20.5 Å². The molecule has 4 rings (SSSR count). The zero-order valence-electron chi connectivity index (χ0n) is 16.6. The van der Waals surface area contributed by atoms with Crippen molar-refractivity contribution in [2.45, 2.75) is 24.6 Å². The van der Waals surface area contributed by atoms with E-state index in [9.17, 15) is 4.79 Å². The number of rotatable bonds is 8. The zero-order chi connectivity index (χ0) is 21.6. The molecule has 2 aromatic heterocycles. The number of halogens is 1. The molecule has 0 saturated heterocycles. The van der Waals surface area contributed by atoms with Crippen molar-refractivity contribution in [2.75, 3.05) is 5.75 Å².